The molecule has 0 spiro atoms. The van der Waals surface area contributed by atoms with E-state index in [1.54, 1.807) is 24.3 Å². The van der Waals surface area contributed by atoms with Crippen molar-refractivity contribution in [1.82, 2.24) is 15.0 Å². The maximum atomic E-state index is 12.1. The summed E-state index contributed by atoms with van der Waals surface area (Å²) >= 11 is 0. The van der Waals surface area contributed by atoms with Gasteiger partial charge in [-0.2, -0.15) is 23.1 Å². The van der Waals surface area contributed by atoms with Crippen molar-refractivity contribution in [2.45, 2.75) is 6.18 Å². The van der Waals surface area contributed by atoms with E-state index in [2.05, 4.69) is 25.0 Å². The van der Waals surface area contributed by atoms with Crippen molar-refractivity contribution in [1.29, 1.82) is 0 Å². The van der Waals surface area contributed by atoms with Gasteiger partial charge in [0, 0.05) is 5.69 Å². The Labute approximate surface area is 118 Å². The molecule has 0 fully saturated rings. The van der Waals surface area contributed by atoms with Crippen LogP contribution in [0.25, 0.3) is 0 Å². The van der Waals surface area contributed by atoms with Crippen molar-refractivity contribution in [3.63, 3.8) is 0 Å². The molecule has 0 amide bonds. The Morgan fingerprint density at radius 2 is 1.71 bits per heavy atom. The van der Waals surface area contributed by atoms with Gasteiger partial charge in [-0.3, -0.25) is 0 Å². The van der Waals surface area contributed by atoms with Gasteiger partial charge in [0.25, 0.3) is 0 Å². The molecule has 0 saturated heterocycles. The van der Waals surface area contributed by atoms with Crippen molar-refractivity contribution in [2.24, 2.45) is 0 Å². The van der Waals surface area contributed by atoms with Crippen molar-refractivity contribution in [3.8, 4) is 12.0 Å². The van der Waals surface area contributed by atoms with E-state index in [4.69, 9.17) is 4.74 Å². The van der Waals surface area contributed by atoms with Crippen LogP contribution < -0.4 is 14.8 Å². The Hall–Kier alpha value is -2.58. The number of hydrogen-bond donors (Lipinski definition) is 1. The summed E-state index contributed by atoms with van der Waals surface area (Å²) < 4.78 is 45.7. The molecule has 6 nitrogen and oxygen atoms in total. The van der Waals surface area contributed by atoms with Crippen LogP contribution in [0.1, 0.15) is 0 Å². The summed E-state index contributed by atoms with van der Waals surface area (Å²) in [5.74, 6) is 0.0187. The van der Waals surface area contributed by atoms with Gasteiger partial charge in [-0.1, -0.05) is 18.2 Å². The Bertz CT molecular complexity index is 593. The maximum Gasteiger partial charge on any atom is 0.422 e. The average molecular weight is 300 g/mol. The second-order valence-electron chi connectivity index (χ2n) is 3.82. The van der Waals surface area contributed by atoms with Gasteiger partial charge < -0.3 is 14.8 Å². The highest BCUT2D eigenvalue weighted by atomic mass is 19.4. The summed E-state index contributed by atoms with van der Waals surface area (Å²) in [5, 5.41) is 2.81. The fourth-order valence-electron chi connectivity index (χ4n) is 1.35. The zero-order valence-corrected chi connectivity index (χ0v) is 10.9. The average Bonchev–Trinajstić information content (AvgIpc) is 2.45. The van der Waals surface area contributed by atoms with Crippen LogP contribution in [0.4, 0.5) is 24.8 Å². The third-order valence-electron chi connectivity index (χ3n) is 2.17. The molecule has 1 aromatic heterocycles. The summed E-state index contributed by atoms with van der Waals surface area (Å²) in [6, 6.07) is 8.23. The lowest BCUT2D eigenvalue weighted by atomic mass is 10.3. The van der Waals surface area contributed by atoms with Gasteiger partial charge in [0.05, 0.1) is 7.11 Å². The van der Waals surface area contributed by atoms with Crippen LogP contribution in [0.15, 0.2) is 30.3 Å². The van der Waals surface area contributed by atoms with E-state index in [1.165, 1.54) is 7.11 Å². The van der Waals surface area contributed by atoms with Gasteiger partial charge in [0.1, 0.15) is 0 Å². The van der Waals surface area contributed by atoms with Crippen molar-refractivity contribution in [3.05, 3.63) is 30.3 Å². The minimum absolute atomic E-state index is 0.0187. The number of anilines is 2. The van der Waals surface area contributed by atoms with Gasteiger partial charge in [-0.15, -0.1) is 4.98 Å². The first-order valence-corrected chi connectivity index (χ1v) is 5.78. The molecule has 2 aromatic rings. The monoisotopic (exact) mass is 300 g/mol. The number of benzene rings is 1. The SMILES string of the molecule is COc1nc(Nc2ccccc2)nc(OCC(F)(F)F)n1. The Morgan fingerprint density at radius 3 is 2.33 bits per heavy atom. The molecular weight excluding hydrogens is 289 g/mol. The number of nitrogens with zero attached hydrogens (tertiary/aromatic N) is 3. The number of rotatable bonds is 5. The van der Waals surface area contributed by atoms with E-state index in [0.29, 0.717) is 5.69 Å². The van der Waals surface area contributed by atoms with Crippen LogP contribution in [0.3, 0.4) is 0 Å². The number of ether oxygens (including phenoxy) is 2. The van der Waals surface area contributed by atoms with Crippen LogP contribution in [0.2, 0.25) is 0 Å². The largest absolute Gasteiger partial charge is 0.467 e. The molecule has 0 bridgehead atoms. The number of alkyl halides is 3. The summed E-state index contributed by atoms with van der Waals surface area (Å²) in [7, 11) is 1.29. The van der Waals surface area contributed by atoms with Crippen LogP contribution in [-0.4, -0.2) is 34.8 Å². The molecule has 1 aromatic carbocycles. The Kier molecular flexibility index (Phi) is 4.41. The van der Waals surface area contributed by atoms with Crippen molar-refractivity contribution in [2.75, 3.05) is 19.0 Å². The molecule has 1 heterocycles. The predicted molar refractivity (Wildman–Crippen MR) is 67.7 cm³/mol. The standard InChI is InChI=1S/C12H11F3N4O2/c1-20-10-17-9(16-8-5-3-2-4-6-8)18-11(19-10)21-7-12(13,14)15/h2-6H,7H2,1H3,(H,16,17,18,19). The second-order valence-corrected chi connectivity index (χ2v) is 3.82. The lowest BCUT2D eigenvalue weighted by Crippen LogP contribution is -2.20. The summed E-state index contributed by atoms with van der Waals surface area (Å²) in [4.78, 5) is 11.2. The molecular formula is C12H11F3N4O2. The lowest BCUT2D eigenvalue weighted by Gasteiger charge is -2.10. The highest BCUT2D eigenvalue weighted by Gasteiger charge is 2.29. The topological polar surface area (TPSA) is 69.2 Å². The van der Waals surface area contributed by atoms with Gasteiger partial charge in [-0.05, 0) is 12.1 Å². The normalized spacial score (nSPS) is 11.0. The Balaban J connectivity index is 2.17. The van der Waals surface area contributed by atoms with E-state index < -0.39 is 18.8 Å². The number of halogens is 3. The minimum Gasteiger partial charge on any atom is -0.467 e. The maximum absolute atomic E-state index is 12.1. The molecule has 112 valence electrons. The zero-order valence-electron chi connectivity index (χ0n) is 10.9. The molecule has 21 heavy (non-hydrogen) atoms. The highest BCUT2D eigenvalue weighted by Crippen LogP contribution is 2.20. The summed E-state index contributed by atoms with van der Waals surface area (Å²) in [5.41, 5.74) is 0.660. The Morgan fingerprint density at radius 1 is 1.05 bits per heavy atom. The van der Waals surface area contributed by atoms with E-state index in [0.717, 1.165) is 0 Å². The number of methoxy groups -OCH3 is 1. The number of hydrogen-bond acceptors (Lipinski definition) is 6. The van der Waals surface area contributed by atoms with E-state index in [9.17, 15) is 13.2 Å². The molecule has 0 aliphatic carbocycles. The van der Waals surface area contributed by atoms with Crippen molar-refractivity contribution >= 4 is 11.6 Å². The van der Waals surface area contributed by atoms with E-state index >= 15 is 0 Å². The molecule has 1 N–H and O–H groups in total. The minimum atomic E-state index is -4.48. The van der Waals surface area contributed by atoms with Crippen molar-refractivity contribution < 1.29 is 22.6 Å². The number of para-hydroxylation sites is 1. The fourth-order valence-corrected chi connectivity index (χ4v) is 1.35. The van der Waals surface area contributed by atoms with Crippen LogP contribution in [0, 0.1) is 0 Å². The molecule has 9 heteroatoms. The molecule has 2 rings (SSSR count). The summed E-state index contributed by atoms with van der Waals surface area (Å²) in [6.07, 6.45) is -4.48. The molecule has 0 aliphatic heterocycles. The van der Waals surface area contributed by atoms with Gasteiger partial charge in [-0.25, -0.2) is 0 Å². The van der Waals surface area contributed by atoms with Crippen LogP contribution >= 0.6 is 0 Å². The molecule has 0 atom stereocenters. The quantitative estimate of drug-likeness (QED) is 0.915. The van der Waals surface area contributed by atoms with Crippen LogP contribution in [0.5, 0.6) is 12.0 Å². The lowest BCUT2D eigenvalue weighted by molar-refractivity contribution is -0.154. The van der Waals surface area contributed by atoms with Gasteiger partial charge in [0.15, 0.2) is 6.61 Å². The fraction of sp³-hybridized carbons (Fsp3) is 0.250. The zero-order chi connectivity index (χ0) is 15.3. The molecule has 0 unspecified atom stereocenters. The molecule has 0 aliphatic rings. The highest BCUT2D eigenvalue weighted by molar-refractivity contribution is 5.52. The third-order valence-corrected chi connectivity index (χ3v) is 2.17. The first-order chi connectivity index (χ1) is 9.96. The number of aromatic nitrogens is 3. The van der Waals surface area contributed by atoms with Gasteiger partial charge >= 0.3 is 18.2 Å². The van der Waals surface area contributed by atoms with Crippen LogP contribution in [-0.2, 0) is 0 Å². The first kappa shape index (κ1) is 14.8. The molecule has 0 saturated carbocycles. The van der Waals surface area contributed by atoms with Gasteiger partial charge in [0.2, 0.25) is 5.95 Å². The van der Waals surface area contributed by atoms with E-state index in [-0.39, 0.29) is 12.0 Å². The second kappa shape index (κ2) is 6.25. The smallest absolute Gasteiger partial charge is 0.422 e. The third kappa shape index (κ3) is 4.79. The number of nitrogens with one attached hydrogen (secondary N) is 1. The first-order valence-electron chi connectivity index (χ1n) is 5.78. The molecule has 0 radical (unpaired) electrons. The van der Waals surface area contributed by atoms with E-state index in [1.807, 2.05) is 6.07 Å². The summed E-state index contributed by atoms with van der Waals surface area (Å²) in [6.45, 7) is -1.50. The predicted octanol–water partition coefficient (Wildman–Crippen LogP) is 2.56.